The van der Waals surface area contributed by atoms with Crippen molar-refractivity contribution in [2.45, 2.75) is 33.1 Å². The van der Waals surface area contributed by atoms with Gasteiger partial charge in [-0.3, -0.25) is 0 Å². The van der Waals surface area contributed by atoms with Gasteiger partial charge in [0.15, 0.2) is 0 Å². The highest BCUT2D eigenvalue weighted by molar-refractivity contribution is 5.45. The molecule has 0 saturated heterocycles. The highest BCUT2D eigenvalue weighted by Crippen LogP contribution is 2.35. The van der Waals surface area contributed by atoms with E-state index in [1.807, 2.05) is 37.3 Å². The SMILES string of the molecule is CCOc1ccc(Oc2ccc(O)c(C(C)(C)C)c2)cc1. The molecule has 0 aliphatic heterocycles. The predicted octanol–water partition coefficient (Wildman–Crippen LogP) is 4.88. The smallest absolute Gasteiger partial charge is 0.127 e. The molecule has 3 heteroatoms. The maximum Gasteiger partial charge on any atom is 0.127 e. The normalized spacial score (nSPS) is 11.2. The van der Waals surface area contributed by atoms with Gasteiger partial charge in [-0.25, -0.2) is 0 Å². The van der Waals surface area contributed by atoms with Crippen molar-refractivity contribution in [1.82, 2.24) is 0 Å². The fourth-order valence-corrected chi connectivity index (χ4v) is 2.09. The highest BCUT2D eigenvalue weighted by atomic mass is 16.5. The van der Waals surface area contributed by atoms with Gasteiger partial charge >= 0.3 is 0 Å². The molecule has 2 rings (SSSR count). The van der Waals surface area contributed by atoms with Gasteiger partial charge in [0, 0.05) is 5.56 Å². The molecule has 0 atom stereocenters. The van der Waals surface area contributed by atoms with Gasteiger partial charge in [0.1, 0.15) is 23.0 Å². The molecule has 112 valence electrons. The molecule has 0 aliphatic rings. The Kier molecular flexibility index (Phi) is 4.41. The molecule has 0 aromatic heterocycles. The molecule has 0 spiro atoms. The van der Waals surface area contributed by atoms with Crippen LogP contribution in [0.1, 0.15) is 33.3 Å². The lowest BCUT2D eigenvalue weighted by molar-refractivity contribution is 0.339. The van der Waals surface area contributed by atoms with Crippen molar-refractivity contribution in [2.24, 2.45) is 0 Å². The van der Waals surface area contributed by atoms with Crippen molar-refractivity contribution in [3.63, 3.8) is 0 Å². The highest BCUT2D eigenvalue weighted by Gasteiger charge is 2.18. The van der Waals surface area contributed by atoms with E-state index in [0.717, 1.165) is 17.1 Å². The van der Waals surface area contributed by atoms with Crippen LogP contribution >= 0.6 is 0 Å². The van der Waals surface area contributed by atoms with Gasteiger partial charge in [-0.05, 0) is 54.8 Å². The van der Waals surface area contributed by atoms with Gasteiger partial charge in [-0.1, -0.05) is 20.8 Å². The third-order valence-corrected chi connectivity index (χ3v) is 3.15. The number of phenolic OH excluding ortho intramolecular Hbond substituents is 1. The van der Waals surface area contributed by atoms with E-state index in [9.17, 15) is 5.11 Å². The van der Waals surface area contributed by atoms with Gasteiger partial charge in [0.25, 0.3) is 0 Å². The Balaban J connectivity index is 2.20. The minimum atomic E-state index is -0.137. The summed E-state index contributed by atoms with van der Waals surface area (Å²) >= 11 is 0. The third-order valence-electron chi connectivity index (χ3n) is 3.15. The number of benzene rings is 2. The molecule has 0 radical (unpaired) electrons. The van der Waals surface area contributed by atoms with Crippen LogP contribution in [0.3, 0.4) is 0 Å². The van der Waals surface area contributed by atoms with Crippen LogP contribution in [0.4, 0.5) is 0 Å². The summed E-state index contributed by atoms with van der Waals surface area (Å²) in [5, 5.41) is 9.96. The summed E-state index contributed by atoms with van der Waals surface area (Å²) in [6.07, 6.45) is 0. The van der Waals surface area contributed by atoms with E-state index in [1.165, 1.54) is 0 Å². The average Bonchev–Trinajstić information content (AvgIpc) is 2.42. The Morgan fingerprint density at radius 1 is 0.905 bits per heavy atom. The molecule has 21 heavy (non-hydrogen) atoms. The topological polar surface area (TPSA) is 38.7 Å². The standard InChI is InChI=1S/C18H22O3/c1-5-20-13-6-8-14(9-7-13)21-15-10-11-17(19)16(12-15)18(2,3)4/h6-12,19H,5H2,1-4H3. The first-order chi connectivity index (χ1) is 9.90. The van der Waals surface area contributed by atoms with E-state index in [2.05, 4.69) is 20.8 Å². The van der Waals surface area contributed by atoms with E-state index in [-0.39, 0.29) is 5.41 Å². The van der Waals surface area contributed by atoms with Crippen LogP contribution in [0.25, 0.3) is 0 Å². The van der Waals surface area contributed by atoms with Crippen molar-refractivity contribution in [1.29, 1.82) is 0 Å². The van der Waals surface area contributed by atoms with Crippen LogP contribution in [-0.2, 0) is 5.41 Å². The Morgan fingerprint density at radius 2 is 1.48 bits per heavy atom. The van der Waals surface area contributed by atoms with Crippen molar-refractivity contribution in [3.05, 3.63) is 48.0 Å². The van der Waals surface area contributed by atoms with Crippen LogP contribution in [0.15, 0.2) is 42.5 Å². The summed E-state index contributed by atoms with van der Waals surface area (Å²) in [5.74, 6) is 2.57. The van der Waals surface area contributed by atoms with Gasteiger partial charge in [-0.2, -0.15) is 0 Å². The molecule has 0 unspecified atom stereocenters. The molecule has 0 bridgehead atoms. The molecule has 2 aromatic rings. The molecular formula is C18H22O3. The first-order valence-electron chi connectivity index (χ1n) is 7.14. The molecular weight excluding hydrogens is 264 g/mol. The second-order valence-electron chi connectivity index (χ2n) is 5.94. The zero-order valence-electron chi connectivity index (χ0n) is 13.0. The largest absolute Gasteiger partial charge is 0.508 e. The second kappa shape index (κ2) is 6.08. The van der Waals surface area contributed by atoms with Crippen LogP contribution in [0.2, 0.25) is 0 Å². The van der Waals surface area contributed by atoms with Gasteiger partial charge < -0.3 is 14.6 Å². The summed E-state index contributed by atoms with van der Waals surface area (Å²) in [4.78, 5) is 0. The number of aromatic hydroxyl groups is 1. The summed E-state index contributed by atoms with van der Waals surface area (Å²) in [7, 11) is 0. The van der Waals surface area contributed by atoms with Gasteiger partial charge in [-0.15, -0.1) is 0 Å². The lowest BCUT2D eigenvalue weighted by atomic mass is 9.86. The summed E-state index contributed by atoms with van der Waals surface area (Å²) in [6.45, 7) is 8.77. The van der Waals surface area contributed by atoms with E-state index in [1.54, 1.807) is 12.1 Å². The number of hydrogen-bond donors (Lipinski definition) is 1. The van der Waals surface area contributed by atoms with Crippen molar-refractivity contribution >= 4 is 0 Å². The molecule has 0 heterocycles. The Hall–Kier alpha value is -2.16. The summed E-state index contributed by atoms with van der Waals surface area (Å²) in [6, 6.07) is 12.8. The summed E-state index contributed by atoms with van der Waals surface area (Å²) < 4.78 is 11.2. The maximum absolute atomic E-state index is 9.96. The first kappa shape index (κ1) is 15.2. The average molecular weight is 286 g/mol. The van der Waals surface area contributed by atoms with Crippen molar-refractivity contribution in [3.8, 4) is 23.0 Å². The maximum atomic E-state index is 9.96. The lowest BCUT2D eigenvalue weighted by Crippen LogP contribution is -2.11. The van der Waals surface area contributed by atoms with E-state index in [4.69, 9.17) is 9.47 Å². The summed E-state index contributed by atoms with van der Waals surface area (Å²) in [5.41, 5.74) is 0.730. The zero-order chi connectivity index (χ0) is 15.5. The minimum Gasteiger partial charge on any atom is -0.508 e. The molecule has 1 N–H and O–H groups in total. The lowest BCUT2D eigenvalue weighted by Gasteiger charge is -2.21. The number of ether oxygens (including phenoxy) is 2. The molecule has 2 aromatic carbocycles. The Bertz CT molecular complexity index is 595. The predicted molar refractivity (Wildman–Crippen MR) is 84.5 cm³/mol. The fraction of sp³-hybridized carbons (Fsp3) is 0.333. The third kappa shape index (κ3) is 3.91. The minimum absolute atomic E-state index is 0.137. The van der Waals surface area contributed by atoms with E-state index < -0.39 is 0 Å². The number of hydrogen-bond acceptors (Lipinski definition) is 3. The van der Waals surface area contributed by atoms with Crippen molar-refractivity contribution in [2.75, 3.05) is 6.61 Å². The molecule has 0 fully saturated rings. The van der Waals surface area contributed by atoms with E-state index in [0.29, 0.717) is 18.1 Å². The number of rotatable bonds is 4. The number of phenols is 1. The second-order valence-corrected chi connectivity index (χ2v) is 5.94. The quantitative estimate of drug-likeness (QED) is 0.870. The Morgan fingerprint density at radius 3 is 2.05 bits per heavy atom. The monoisotopic (exact) mass is 286 g/mol. The van der Waals surface area contributed by atoms with Crippen LogP contribution in [0.5, 0.6) is 23.0 Å². The van der Waals surface area contributed by atoms with Crippen LogP contribution in [0, 0.1) is 0 Å². The zero-order valence-corrected chi connectivity index (χ0v) is 13.0. The van der Waals surface area contributed by atoms with Gasteiger partial charge in [0.2, 0.25) is 0 Å². The fourth-order valence-electron chi connectivity index (χ4n) is 2.09. The molecule has 0 saturated carbocycles. The van der Waals surface area contributed by atoms with Gasteiger partial charge in [0.05, 0.1) is 6.61 Å². The molecule has 3 nitrogen and oxygen atoms in total. The van der Waals surface area contributed by atoms with Crippen LogP contribution < -0.4 is 9.47 Å². The molecule has 0 aliphatic carbocycles. The van der Waals surface area contributed by atoms with Crippen LogP contribution in [-0.4, -0.2) is 11.7 Å². The Labute approximate surface area is 126 Å². The van der Waals surface area contributed by atoms with E-state index >= 15 is 0 Å². The first-order valence-corrected chi connectivity index (χ1v) is 7.14. The van der Waals surface area contributed by atoms with Crippen molar-refractivity contribution < 1.29 is 14.6 Å². The molecule has 0 amide bonds.